The first-order valence-corrected chi connectivity index (χ1v) is 9.54. The smallest absolute Gasteiger partial charge is 0.191 e. The number of hydrogen-bond acceptors (Lipinski definition) is 5. The number of aliphatic imine (C=N–C) groups is 1. The van der Waals surface area contributed by atoms with Crippen LogP contribution in [0.2, 0.25) is 0 Å². The Morgan fingerprint density at radius 1 is 1.17 bits per heavy atom. The predicted octanol–water partition coefficient (Wildman–Crippen LogP) is 1.94. The summed E-state index contributed by atoms with van der Waals surface area (Å²) >= 11 is 0. The van der Waals surface area contributed by atoms with Crippen LogP contribution in [0.15, 0.2) is 23.2 Å². The molecule has 8 nitrogen and oxygen atoms in total. The van der Waals surface area contributed by atoms with E-state index in [9.17, 15) is 8.78 Å². The van der Waals surface area contributed by atoms with Crippen LogP contribution in [0.3, 0.4) is 0 Å². The number of hydrogen-bond donors (Lipinski definition) is 2. The van der Waals surface area contributed by atoms with Crippen LogP contribution in [0.25, 0.3) is 0 Å². The van der Waals surface area contributed by atoms with Crippen LogP contribution in [0.4, 0.5) is 8.78 Å². The maximum absolute atomic E-state index is 13.6. The van der Waals surface area contributed by atoms with Crippen molar-refractivity contribution >= 4 is 5.96 Å². The molecule has 0 amide bonds. The van der Waals surface area contributed by atoms with E-state index >= 15 is 0 Å². The fourth-order valence-corrected chi connectivity index (χ4v) is 2.36. The summed E-state index contributed by atoms with van der Waals surface area (Å²) < 4.78 is 39.1. The number of halogens is 2. The molecule has 2 rings (SSSR count). The van der Waals surface area contributed by atoms with E-state index < -0.39 is 11.6 Å². The molecule has 0 saturated heterocycles. The normalized spacial score (nSPS) is 11.6. The Bertz CT molecular complexity index is 797. The fraction of sp³-hybridized carbons (Fsp3) is 0.526. The van der Waals surface area contributed by atoms with Crippen LogP contribution < -0.4 is 15.4 Å². The molecule has 29 heavy (non-hydrogen) atoms. The highest BCUT2D eigenvalue weighted by atomic mass is 19.1. The number of aryl methyl sites for hydroxylation is 1. The standard InChI is InChI=1S/C19H28F2N6O2/c1-4-28-10-5-8-22-19(24-13-18-26-25-14(2)27(18)3)23-9-11-29-17-7-6-15(20)12-16(17)21/h6-7,12H,4-5,8-11,13H2,1-3H3,(H2,22,23,24). The third-order valence-corrected chi connectivity index (χ3v) is 4.07. The molecule has 0 bridgehead atoms. The van der Waals surface area contributed by atoms with Crippen molar-refractivity contribution in [2.24, 2.45) is 12.0 Å². The van der Waals surface area contributed by atoms with Crippen LogP contribution in [0.1, 0.15) is 25.0 Å². The van der Waals surface area contributed by atoms with Gasteiger partial charge in [0.1, 0.15) is 24.8 Å². The van der Waals surface area contributed by atoms with Crippen molar-refractivity contribution in [2.75, 3.05) is 32.9 Å². The molecule has 0 radical (unpaired) electrons. The molecule has 2 aromatic rings. The van der Waals surface area contributed by atoms with Gasteiger partial charge in [-0.15, -0.1) is 10.2 Å². The molecule has 0 unspecified atom stereocenters. The molecular formula is C19H28F2N6O2. The Kier molecular flexibility index (Phi) is 9.29. The minimum Gasteiger partial charge on any atom is -0.489 e. The van der Waals surface area contributed by atoms with E-state index in [4.69, 9.17) is 9.47 Å². The third kappa shape index (κ3) is 7.65. The van der Waals surface area contributed by atoms with Gasteiger partial charge >= 0.3 is 0 Å². The summed E-state index contributed by atoms with van der Waals surface area (Å²) in [6.45, 7) is 6.76. The van der Waals surface area contributed by atoms with Gasteiger partial charge in [0, 0.05) is 32.9 Å². The lowest BCUT2D eigenvalue weighted by Crippen LogP contribution is -2.40. The van der Waals surface area contributed by atoms with Gasteiger partial charge < -0.3 is 24.7 Å². The van der Waals surface area contributed by atoms with Gasteiger partial charge in [-0.25, -0.2) is 13.8 Å². The van der Waals surface area contributed by atoms with E-state index in [2.05, 4.69) is 25.8 Å². The first-order chi connectivity index (χ1) is 14.0. The van der Waals surface area contributed by atoms with E-state index in [1.807, 2.05) is 25.5 Å². The molecule has 1 heterocycles. The molecule has 10 heteroatoms. The van der Waals surface area contributed by atoms with Gasteiger partial charge in [0.25, 0.3) is 0 Å². The Morgan fingerprint density at radius 3 is 2.66 bits per heavy atom. The summed E-state index contributed by atoms with van der Waals surface area (Å²) in [5.41, 5.74) is 0. The largest absolute Gasteiger partial charge is 0.489 e. The second kappa shape index (κ2) is 11.9. The van der Waals surface area contributed by atoms with E-state index in [-0.39, 0.29) is 12.4 Å². The first kappa shape index (κ1) is 22.5. The van der Waals surface area contributed by atoms with E-state index in [0.29, 0.717) is 38.8 Å². The summed E-state index contributed by atoms with van der Waals surface area (Å²) in [6, 6.07) is 3.21. The number of aromatic nitrogens is 3. The molecule has 0 aliphatic heterocycles. The van der Waals surface area contributed by atoms with Gasteiger partial charge in [-0.3, -0.25) is 0 Å². The van der Waals surface area contributed by atoms with Gasteiger partial charge in [-0.05, 0) is 32.4 Å². The van der Waals surface area contributed by atoms with Crippen LogP contribution in [-0.2, 0) is 18.3 Å². The van der Waals surface area contributed by atoms with Crippen LogP contribution in [0, 0.1) is 18.6 Å². The van der Waals surface area contributed by atoms with Gasteiger partial charge in [0.15, 0.2) is 23.4 Å². The number of nitrogens with one attached hydrogen (secondary N) is 2. The van der Waals surface area contributed by atoms with E-state index in [0.717, 1.165) is 30.2 Å². The number of rotatable bonds is 11. The topological polar surface area (TPSA) is 85.6 Å². The monoisotopic (exact) mass is 410 g/mol. The van der Waals surface area contributed by atoms with Crippen LogP contribution in [0.5, 0.6) is 5.75 Å². The van der Waals surface area contributed by atoms with Crippen molar-refractivity contribution in [3.8, 4) is 5.75 Å². The molecular weight excluding hydrogens is 382 g/mol. The maximum atomic E-state index is 13.6. The lowest BCUT2D eigenvalue weighted by atomic mass is 10.3. The molecule has 0 atom stereocenters. The zero-order chi connectivity index (χ0) is 21.1. The molecule has 0 aliphatic carbocycles. The molecule has 0 saturated carbocycles. The van der Waals surface area contributed by atoms with E-state index in [1.165, 1.54) is 6.07 Å². The second-order valence-corrected chi connectivity index (χ2v) is 6.21. The van der Waals surface area contributed by atoms with Crippen LogP contribution in [-0.4, -0.2) is 53.6 Å². The third-order valence-electron chi connectivity index (χ3n) is 4.07. The predicted molar refractivity (Wildman–Crippen MR) is 106 cm³/mol. The first-order valence-electron chi connectivity index (χ1n) is 9.54. The Morgan fingerprint density at radius 2 is 1.97 bits per heavy atom. The molecule has 2 N–H and O–H groups in total. The lowest BCUT2D eigenvalue weighted by Gasteiger charge is -2.13. The van der Waals surface area contributed by atoms with Crippen molar-refractivity contribution < 1.29 is 18.3 Å². The summed E-state index contributed by atoms with van der Waals surface area (Å²) in [6.07, 6.45) is 0.828. The highest BCUT2D eigenvalue weighted by Crippen LogP contribution is 2.17. The van der Waals surface area contributed by atoms with Gasteiger partial charge in [-0.2, -0.15) is 0 Å². The van der Waals surface area contributed by atoms with Gasteiger partial charge in [0.05, 0.1) is 6.54 Å². The SMILES string of the molecule is CCOCCCNC(=NCc1nnc(C)n1C)NCCOc1ccc(F)cc1F. The molecule has 160 valence electrons. The number of guanidine groups is 1. The fourth-order valence-electron chi connectivity index (χ4n) is 2.36. The zero-order valence-corrected chi connectivity index (χ0v) is 17.0. The molecule has 1 aromatic carbocycles. The van der Waals surface area contributed by atoms with Gasteiger partial charge in [-0.1, -0.05) is 0 Å². The lowest BCUT2D eigenvalue weighted by molar-refractivity contribution is 0.145. The maximum Gasteiger partial charge on any atom is 0.191 e. The van der Waals surface area contributed by atoms with Crippen molar-refractivity contribution in [1.82, 2.24) is 25.4 Å². The Balaban J connectivity index is 1.86. The second-order valence-electron chi connectivity index (χ2n) is 6.21. The average Bonchev–Trinajstić information content (AvgIpc) is 3.02. The highest BCUT2D eigenvalue weighted by molar-refractivity contribution is 5.79. The quantitative estimate of drug-likeness (QED) is 0.335. The van der Waals surface area contributed by atoms with Crippen molar-refractivity contribution in [3.63, 3.8) is 0 Å². The van der Waals surface area contributed by atoms with Crippen molar-refractivity contribution in [1.29, 1.82) is 0 Å². The minimum absolute atomic E-state index is 0.00548. The molecule has 0 aliphatic rings. The number of nitrogens with zero attached hydrogens (tertiary/aromatic N) is 4. The molecule has 0 spiro atoms. The Labute approximate surface area is 169 Å². The summed E-state index contributed by atoms with van der Waals surface area (Å²) in [7, 11) is 1.88. The molecule has 0 fully saturated rings. The average molecular weight is 410 g/mol. The highest BCUT2D eigenvalue weighted by Gasteiger charge is 2.07. The van der Waals surface area contributed by atoms with Crippen LogP contribution >= 0.6 is 0 Å². The summed E-state index contributed by atoms with van der Waals surface area (Å²) in [5, 5.41) is 14.5. The van der Waals surface area contributed by atoms with Crippen molar-refractivity contribution in [2.45, 2.75) is 26.8 Å². The molecule has 1 aromatic heterocycles. The Hall–Kier alpha value is -2.75. The number of benzene rings is 1. The summed E-state index contributed by atoms with van der Waals surface area (Å²) in [5.74, 6) is 0.756. The minimum atomic E-state index is -0.731. The van der Waals surface area contributed by atoms with Gasteiger partial charge in [0.2, 0.25) is 0 Å². The zero-order valence-electron chi connectivity index (χ0n) is 17.0. The summed E-state index contributed by atoms with van der Waals surface area (Å²) in [4.78, 5) is 4.51. The van der Waals surface area contributed by atoms with Crippen molar-refractivity contribution in [3.05, 3.63) is 41.5 Å². The van der Waals surface area contributed by atoms with E-state index in [1.54, 1.807) is 0 Å². The number of ether oxygens (including phenoxy) is 2.